The number of nitrogens with one attached hydrogen (secondary N) is 1. The van der Waals surface area contributed by atoms with E-state index in [0.717, 1.165) is 46.1 Å². The molecule has 4 heteroatoms. The first-order valence-electron chi connectivity index (χ1n) is 6.51. The Morgan fingerprint density at radius 3 is 3.00 bits per heavy atom. The van der Waals surface area contributed by atoms with Crippen LogP contribution in [0.2, 0.25) is 0 Å². The molecule has 0 amide bonds. The number of likely N-dealkylation sites (N-methyl/N-ethyl adjacent to an activating group) is 1. The predicted octanol–water partition coefficient (Wildman–Crippen LogP) is 0.333. The summed E-state index contributed by atoms with van der Waals surface area (Å²) < 4.78 is 11.0. The number of ether oxygens (including phenoxy) is 2. The van der Waals surface area contributed by atoms with E-state index in [9.17, 15) is 0 Å². The molecule has 0 aromatic heterocycles. The van der Waals surface area contributed by atoms with Crippen LogP contribution < -0.4 is 5.32 Å². The molecule has 2 saturated heterocycles. The first kappa shape index (κ1) is 12.3. The third-order valence-electron chi connectivity index (χ3n) is 3.47. The zero-order valence-corrected chi connectivity index (χ0v) is 10.3. The quantitative estimate of drug-likeness (QED) is 0.752. The predicted molar refractivity (Wildman–Crippen MR) is 63.6 cm³/mol. The maximum absolute atomic E-state index is 5.57. The van der Waals surface area contributed by atoms with Crippen LogP contribution in [0.5, 0.6) is 0 Å². The Morgan fingerprint density at radius 1 is 1.19 bits per heavy atom. The highest BCUT2D eigenvalue weighted by molar-refractivity contribution is 4.83. The van der Waals surface area contributed by atoms with Crippen LogP contribution in [0, 0.1) is 5.92 Å². The van der Waals surface area contributed by atoms with Crippen LogP contribution in [0.3, 0.4) is 0 Å². The van der Waals surface area contributed by atoms with Gasteiger partial charge in [-0.05, 0) is 13.0 Å². The number of hydrogen-bond donors (Lipinski definition) is 1. The summed E-state index contributed by atoms with van der Waals surface area (Å²) in [7, 11) is 0. The van der Waals surface area contributed by atoms with Crippen molar-refractivity contribution in [2.24, 2.45) is 5.92 Å². The lowest BCUT2D eigenvalue weighted by molar-refractivity contribution is 0.134. The number of hydrogen-bond acceptors (Lipinski definition) is 4. The molecular weight excluding hydrogens is 204 g/mol. The van der Waals surface area contributed by atoms with Crippen LogP contribution >= 0.6 is 0 Å². The van der Waals surface area contributed by atoms with Gasteiger partial charge in [-0.25, -0.2) is 0 Å². The zero-order chi connectivity index (χ0) is 11.2. The lowest BCUT2D eigenvalue weighted by Crippen LogP contribution is -2.42. The second-order valence-corrected chi connectivity index (χ2v) is 4.73. The molecule has 0 saturated carbocycles. The normalized spacial score (nSPS) is 32.8. The van der Waals surface area contributed by atoms with E-state index in [4.69, 9.17) is 9.47 Å². The largest absolute Gasteiger partial charge is 0.380 e. The van der Waals surface area contributed by atoms with Gasteiger partial charge in [-0.3, -0.25) is 0 Å². The highest BCUT2D eigenvalue weighted by atomic mass is 16.5. The summed E-state index contributed by atoms with van der Waals surface area (Å²) in [6, 6.07) is 0.550. The Morgan fingerprint density at radius 2 is 2.12 bits per heavy atom. The molecule has 16 heavy (non-hydrogen) atoms. The molecule has 2 aliphatic heterocycles. The van der Waals surface area contributed by atoms with Gasteiger partial charge >= 0.3 is 0 Å². The smallest absolute Gasteiger partial charge is 0.0623 e. The van der Waals surface area contributed by atoms with Gasteiger partial charge in [-0.15, -0.1) is 0 Å². The topological polar surface area (TPSA) is 33.7 Å². The van der Waals surface area contributed by atoms with E-state index < -0.39 is 0 Å². The average Bonchev–Trinajstić information content (AvgIpc) is 2.56. The molecule has 0 radical (unpaired) electrons. The fourth-order valence-corrected chi connectivity index (χ4v) is 2.58. The van der Waals surface area contributed by atoms with Crippen molar-refractivity contribution in [2.75, 3.05) is 52.6 Å². The molecular formula is C12H24N2O2. The molecule has 1 N–H and O–H groups in total. The fraction of sp³-hybridized carbons (Fsp3) is 1.00. The lowest BCUT2D eigenvalue weighted by atomic mass is 10.0. The average molecular weight is 228 g/mol. The van der Waals surface area contributed by atoms with Crippen LogP contribution in [0.15, 0.2) is 0 Å². The van der Waals surface area contributed by atoms with Gasteiger partial charge in [0.05, 0.1) is 19.8 Å². The minimum Gasteiger partial charge on any atom is -0.380 e. The molecule has 94 valence electrons. The van der Waals surface area contributed by atoms with E-state index in [2.05, 4.69) is 17.1 Å². The second kappa shape index (κ2) is 6.55. The number of nitrogens with zero attached hydrogens (tertiary/aromatic N) is 1. The van der Waals surface area contributed by atoms with E-state index in [1.54, 1.807) is 0 Å². The molecule has 2 atom stereocenters. The molecule has 0 aromatic carbocycles. The first-order valence-corrected chi connectivity index (χ1v) is 6.51. The van der Waals surface area contributed by atoms with Gasteiger partial charge in [0.2, 0.25) is 0 Å². The van der Waals surface area contributed by atoms with E-state index in [0.29, 0.717) is 12.0 Å². The van der Waals surface area contributed by atoms with Gasteiger partial charge in [-0.1, -0.05) is 6.92 Å². The monoisotopic (exact) mass is 228 g/mol. The molecule has 2 heterocycles. The second-order valence-electron chi connectivity index (χ2n) is 4.73. The highest BCUT2D eigenvalue weighted by Gasteiger charge is 2.29. The molecule has 4 nitrogen and oxygen atoms in total. The summed E-state index contributed by atoms with van der Waals surface area (Å²) in [5.74, 6) is 0.651. The van der Waals surface area contributed by atoms with Crippen LogP contribution in [-0.4, -0.2) is 63.5 Å². The lowest BCUT2D eigenvalue weighted by Gasteiger charge is -2.26. The Balaban J connectivity index is 1.78. The van der Waals surface area contributed by atoms with E-state index in [1.165, 1.54) is 13.0 Å². The summed E-state index contributed by atoms with van der Waals surface area (Å²) >= 11 is 0. The van der Waals surface area contributed by atoms with Crippen molar-refractivity contribution < 1.29 is 9.47 Å². The van der Waals surface area contributed by atoms with E-state index in [1.807, 2.05) is 0 Å². The maximum Gasteiger partial charge on any atom is 0.0623 e. The van der Waals surface area contributed by atoms with Gasteiger partial charge in [0.15, 0.2) is 0 Å². The van der Waals surface area contributed by atoms with Crippen LogP contribution in [0.1, 0.15) is 13.3 Å². The zero-order valence-electron chi connectivity index (χ0n) is 10.3. The summed E-state index contributed by atoms with van der Waals surface area (Å²) in [6.07, 6.45) is 1.17. The van der Waals surface area contributed by atoms with Crippen molar-refractivity contribution >= 4 is 0 Å². The SMILES string of the molecule is CCNC1COCC1CN1CCCOCC1. The molecule has 2 fully saturated rings. The van der Waals surface area contributed by atoms with E-state index >= 15 is 0 Å². The van der Waals surface area contributed by atoms with Crippen molar-refractivity contribution in [3.63, 3.8) is 0 Å². The standard InChI is InChI=1S/C12H24N2O2/c1-2-13-12-10-16-9-11(12)8-14-4-3-6-15-7-5-14/h11-13H,2-10H2,1H3. The van der Waals surface area contributed by atoms with Gasteiger partial charge < -0.3 is 19.7 Å². The molecule has 2 unspecified atom stereocenters. The summed E-state index contributed by atoms with van der Waals surface area (Å²) in [4.78, 5) is 2.52. The maximum atomic E-state index is 5.57. The molecule has 0 aromatic rings. The minimum absolute atomic E-state index is 0.550. The number of rotatable bonds is 4. The van der Waals surface area contributed by atoms with Crippen LogP contribution in [0.4, 0.5) is 0 Å². The third-order valence-corrected chi connectivity index (χ3v) is 3.47. The Bertz CT molecular complexity index is 193. The van der Waals surface area contributed by atoms with E-state index in [-0.39, 0.29) is 0 Å². The summed E-state index contributed by atoms with van der Waals surface area (Å²) in [5, 5.41) is 3.52. The molecule has 2 aliphatic rings. The van der Waals surface area contributed by atoms with Gasteiger partial charge in [0.1, 0.15) is 0 Å². The summed E-state index contributed by atoms with van der Waals surface area (Å²) in [6.45, 7) is 10.2. The van der Waals surface area contributed by atoms with Gasteiger partial charge in [0, 0.05) is 38.2 Å². The fourth-order valence-electron chi connectivity index (χ4n) is 2.58. The van der Waals surface area contributed by atoms with Gasteiger partial charge in [0.25, 0.3) is 0 Å². The highest BCUT2D eigenvalue weighted by Crippen LogP contribution is 2.16. The molecule has 0 bridgehead atoms. The minimum atomic E-state index is 0.550. The van der Waals surface area contributed by atoms with Crippen molar-refractivity contribution in [2.45, 2.75) is 19.4 Å². The molecule has 0 spiro atoms. The Hall–Kier alpha value is -0.160. The van der Waals surface area contributed by atoms with Crippen molar-refractivity contribution in [1.29, 1.82) is 0 Å². The molecule has 0 aliphatic carbocycles. The molecule has 2 rings (SSSR count). The van der Waals surface area contributed by atoms with Crippen LogP contribution in [0.25, 0.3) is 0 Å². The Labute approximate surface area is 98.3 Å². The van der Waals surface area contributed by atoms with Gasteiger partial charge in [-0.2, -0.15) is 0 Å². The van der Waals surface area contributed by atoms with Crippen LogP contribution in [-0.2, 0) is 9.47 Å². The summed E-state index contributed by atoms with van der Waals surface area (Å²) in [5.41, 5.74) is 0. The van der Waals surface area contributed by atoms with Crippen molar-refractivity contribution in [1.82, 2.24) is 10.2 Å². The third kappa shape index (κ3) is 3.42. The Kier molecular flexibility index (Phi) is 5.03. The first-order chi connectivity index (χ1) is 7.90. The van der Waals surface area contributed by atoms with Crippen molar-refractivity contribution in [3.8, 4) is 0 Å². The van der Waals surface area contributed by atoms with Crippen molar-refractivity contribution in [3.05, 3.63) is 0 Å².